The van der Waals surface area contributed by atoms with Crippen molar-refractivity contribution in [3.63, 3.8) is 0 Å². The van der Waals surface area contributed by atoms with Gasteiger partial charge in [-0.3, -0.25) is 19.2 Å². The molecule has 0 saturated heterocycles. The van der Waals surface area contributed by atoms with Gasteiger partial charge in [-0.1, -0.05) is 27.7 Å². The van der Waals surface area contributed by atoms with E-state index in [-0.39, 0.29) is 183 Å². The van der Waals surface area contributed by atoms with Gasteiger partial charge in [0, 0.05) is 0 Å². The Morgan fingerprint density at radius 2 is 0.517 bits per heavy atom. The summed E-state index contributed by atoms with van der Waals surface area (Å²) in [5.41, 5.74) is 0. The first-order chi connectivity index (χ1) is 25.6. The number of carbonyl (C=O) groups excluding carboxylic acids is 4. The van der Waals surface area contributed by atoms with Gasteiger partial charge in [-0.05, 0) is 92.3 Å². The van der Waals surface area contributed by atoms with Crippen LogP contribution in [0.5, 0.6) is 0 Å². The SMILES string of the molecule is CC(=O)/C=C(/C)[O-].CC(=O)/C=C(/C)[O-].CC(=O)/C=C(/C)[O-].CC(=O)/C=C(/C)[O-].CN(CC[O-])CC[O-].CN(CC[O-])CC[O-].C[O-].C[O-].O=[N+]([O-])[O-].O=[N+]([O-])[O-].[Co+3].[Co+3].[Dy+3].[Dy+3]. The summed E-state index contributed by atoms with van der Waals surface area (Å²) in [7, 11) is 5.05. The number of rotatable bonds is 12. The van der Waals surface area contributed by atoms with Crippen molar-refractivity contribution in [2.24, 2.45) is 0 Å². The molecule has 0 unspecified atom stereocenters. The van der Waals surface area contributed by atoms with Gasteiger partial charge in [0.1, 0.15) is 0 Å². The summed E-state index contributed by atoms with van der Waals surface area (Å²) in [5.74, 6) is -1.50. The fourth-order valence-electron chi connectivity index (χ4n) is 1.99. The largest absolute Gasteiger partial charge is 3.00 e. The van der Waals surface area contributed by atoms with Gasteiger partial charge in [0.05, 0.1) is 10.2 Å². The maximum absolute atomic E-state index is 9.98. The molecule has 0 amide bonds. The van der Waals surface area contributed by atoms with Crippen molar-refractivity contribution in [1.29, 1.82) is 0 Å². The number of likely N-dealkylation sites (N-methyl/N-ethyl adjacent to an activating group) is 2. The third-order valence-corrected chi connectivity index (χ3v) is 3.52. The summed E-state index contributed by atoms with van der Waals surface area (Å²) < 4.78 is 0. The number of nitrogens with zero attached hydrogens (tertiary/aromatic N) is 4. The number of ketones is 4. The van der Waals surface area contributed by atoms with Crippen LogP contribution in [-0.2, 0) is 52.7 Å². The Morgan fingerprint density at radius 1 is 0.417 bits per heavy atom. The van der Waals surface area contributed by atoms with E-state index in [9.17, 15) is 60.0 Å². The Morgan fingerprint density at radius 3 is 0.550 bits per heavy atom. The zero-order valence-corrected chi connectivity index (χ0v) is 41.4. The molecular weight excluding hydrogens is 1200 g/mol. The molecule has 0 fully saturated rings. The monoisotopic (exact) mass is 1260 g/mol. The Labute approximate surface area is 433 Å². The number of allylic oxidation sites excluding steroid dienone is 8. The zero-order valence-electron chi connectivity index (χ0n) is 35.2. The molecule has 0 saturated carbocycles. The normalized spacial score (nSPS) is 9.13. The average molecular weight is 1260 g/mol. The van der Waals surface area contributed by atoms with Crippen LogP contribution in [-0.4, -0.2) is 124 Å². The van der Waals surface area contributed by atoms with E-state index >= 15 is 0 Å². The van der Waals surface area contributed by atoms with Crippen LogP contribution < -0.4 is 51.1 Å². The first-order valence-electron chi connectivity index (χ1n) is 15.2. The minimum atomic E-state index is -1.75. The summed E-state index contributed by atoms with van der Waals surface area (Å²) in [6, 6.07) is 0. The van der Waals surface area contributed by atoms with Crippen molar-refractivity contribution in [1.82, 2.24) is 9.80 Å². The Kier molecular flexibility index (Phi) is 138. The maximum Gasteiger partial charge on any atom is 3.00 e. The maximum atomic E-state index is 9.98. The predicted octanol–water partition coefficient (Wildman–Crippen LogP) is -7.89. The van der Waals surface area contributed by atoms with Gasteiger partial charge in [-0.2, -0.15) is 14.2 Å². The number of hydrogen-bond donors (Lipinski definition) is 0. The summed E-state index contributed by atoms with van der Waals surface area (Å²) in [6.45, 7) is 12.3. The molecule has 0 bridgehead atoms. The van der Waals surface area contributed by atoms with Crippen LogP contribution in [0.1, 0.15) is 55.4 Å². The molecule has 0 aromatic heterocycles. The van der Waals surface area contributed by atoms with Crippen molar-refractivity contribution in [2.75, 3.05) is 80.9 Å². The van der Waals surface area contributed by atoms with Gasteiger partial charge >= 0.3 is 110 Å². The molecule has 362 valence electrons. The van der Waals surface area contributed by atoms with Crippen LogP contribution in [0.2, 0.25) is 0 Å². The fourth-order valence-corrected chi connectivity index (χ4v) is 1.99. The zero-order chi connectivity index (χ0) is 47.4. The van der Waals surface area contributed by atoms with Crippen molar-refractivity contribution >= 4 is 23.1 Å². The molecule has 0 atom stereocenters. The Hall–Kier alpha value is -1.52. The van der Waals surface area contributed by atoms with Crippen LogP contribution in [0.3, 0.4) is 0 Å². The molecule has 0 spiro atoms. The summed E-state index contributed by atoms with van der Waals surface area (Å²) in [5, 5.41) is 125. The van der Waals surface area contributed by atoms with Crippen LogP contribution in [0, 0.1) is 107 Å². The number of carbonyl (C=O) groups is 4. The molecule has 0 aliphatic rings. The summed E-state index contributed by atoms with van der Waals surface area (Å²) >= 11 is 0. The summed E-state index contributed by atoms with van der Waals surface area (Å²) in [4.78, 5) is 59.9. The quantitative estimate of drug-likeness (QED) is 0.0758. The van der Waals surface area contributed by atoms with E-state index in [1.807, 2.05) is 0 Å². The van der Waals surface area contributed by atoms with E-state index in [4.69, 9.17) is 40.9 Å². The second-order valence-electron chi connectivity index (χ2n) is 9.33. The molecule has 0 rings (SSSR count). The molecule has 0 aliphatic heterocycles. The van der Waals surface area contributed by atoms with E-state index in [0.29, 0.717) is 26.2 Å². The third kappa shape index (κ3) is 248. The third-order valence-electron chi connectivity index (χ3n) is 3.52. The van der Waals surface area contributed by atoms with Crippen LogP contribution in [0.15, 0.2) is 47.3 Å². The molecule has 0 aromatic rings. The second kappa shape index (κ2) is 84.9. The molecule has 24 nitrogen and oxygen atoms in total. The van der Waals surface area contributed by atoms with Crippen molar-refractivity contribution in [2.45, 2.75) is 55.4 Å². The smallest absolute Gasteiger partial charge is 0.876 e. The first kappa shape index (κ1) is 97.7. The minimum Gasteiger partial charge on any atom is -0.876 e. The van der Waals surface area contributed by atoms with Crippen molar-refractivity contribution < 1.29 is 190 Å². The predicted molar refractivity (Wildman–Crippen MR) is 185 cm³/mol. The summed E-state index contributed by atoms with van der Waals surface area (Å²) in [6.07, 6.45) is 4.22. The van der Waals surface area contributed by atoms with Gasteiger partial charge in [-0.15, -0.1) is 49.5 Å². The second-order valence-corrected chi connectivity index (χ2v) is 9.33. The molecule has 2 radical (unpaired) electrons. The molecule has 0 heterocycles. The van der Waals surface area contributed by atoms with E-state index in [1.54, 1.807) is 23.9 Å². The van der Waals surface area contributed by atoms with Gasteiger partial charge in [-0.25, -0.2) is 0 Å². The number of hydrogen-bond acceptors (Lipinski definition) is 22. The first-order valence-corrected chi connectivity index (χ1v) is 15.2. The Balaban J connectivity index is -0.0000000331. The van der Waals surface area contributed by atoms with Crippen molar-refractivity contribution in [3.05, 3.63) is 78.0 Å². The van der Waals surface area contributed by atoms with Gasteiger partial charge in [0.25, 0.3) is 0 Å². The fraction of sp³-hybridized carbons (Fsp3) is 0.625. The molecule has 0 N–H and O–H groups in total. The van der Waals surface area contributed by atoms with E-state index in [2.05, 4.69) is 0 Å². The van der Waals surface area contributed by atoms with Gasteiger partial charge in [0.15, 0.2) is 23.1 Å². The van der Waals surface area contributed by atoms with E-state index < -0.39 is 10.2 Å². The van der Waals surface area contributed by atoms with Gasteiger partial charge < -0.3 is 91.5 Å². The average Bonchev–Trinajstić information content (AvgIpc) is 2.98. The standard InChI is InChI=1S/2C5H11NO2.4C5H8O2.2CH3O.2Co.2Dy.2NO3/c2*1-6(2-4-7)3-5-8;4*1-4(6)3-5(2)7;2*1-2;;;;;2*2-1(3)4/h2*2-5H2,1H3;4*3,6H,1-2H3;2*1H3;;;;;;/q2*-2;;;;;2*-1;4*+3;2*-1/p-4/b;;4*4-3-;;;;;;;;. The van der Waals surface area contributed by atoms with Crippen LogP contribution in [0.25, 0.3) is 0 Å². The van der Waals surface area contributed by atoms with E-state index in [1.165, 1.54) is 55.4 Å². The van der Waals surface area contributed by atoms with Crippen molar-refractivity contribution in [3.8, 4) is 0 Å². The van der Waals surface area contributed by atoms with Crippen LogP contribution >= 0.6 is 0 Å². The molecule has 0 aliphatic carbocycles. The van der Waals surface area contributed by atoms with E-state index in [0.717, 1.165) is 38.5 Å². The Bertz CT molecular complexity index is 917. The minimum absolute atomic E-state index is 0. The van der Waals surface area contributed by atoms with Crippen LogP contribution in [0.4, 0.5) is 0 Å². The molecular formula is C32H56Co2Dy2N4O20. The topological polar surface area (TPSA) is 438 Å². The van der Waals surface area contributed by atoms with Gasteiger partial charge in [0.2, 0.25) is 0 Å². The molecule has 28 heteroatoms. The molecule has 60 heavy (non-hydrogen) atoms. The molecule has 0 aromatic carbocycles.